The van der Waals surface area contributed by atoms with E-state index < -0.39 is 11.8 Å². The van der Waals surface area contributed by atoms with Crippen molar-refractivity contribution in [1.82, 2.24) is 10.1 Å². The van der Waals surface area contributed by atoms with Gasteiger partial charge in [0.05, 0.1) is 0 Å². The quantitative estimate of drug-likeness (QED) is 0.766. The summed E-state index contributed by atoms with van der Waals surface area (Å²) < 4.78 is 5.15. The third-order valence-electron chi connectivity index (χ3n) is 3.12. The molecule has 7 nitrogen and oxygen atoms in total. The minimum Gasteiger partial charge on any atom is -0.366 e. The van der Waals surface area contributed by atoms with Crippen molar-refractivity contribution in [2.75, 3.05) is 5.32 Å². The average Bonchev–Trinajstić information content (AvgIpc) is 3.06. The Morgan fingerprint density at radius 2 is 1.91 bits per heavy atom. The van der Waals surface area contributed by atoms with Gasteiger partial charge < -0.3 is 15.6 Å². The molecule has 0 radical (unpaired) electrons. The van der Waals surface area contributed by atoms with Gasteiger partial charge >= 0.3 is 0 Å². The number of benzene rings is 1. The summed E-state index contributed by atoms with van der Waals surface area (Å²) >= 11 is 0. The van der Waals surface area contributed by atoms with Gasteiger partial charge in [0.1, 0.15) is 0 Å². The molecule has 0 aliphatic rings. The molecule has 0 bridgehead atoms. The molecule has 0 aliphatic carbocycles. The maximum atomic E-state index is 12.1. The van der Waals surface area contributed by atoms with Crippen LogP contribution < -0.4 is 11.1 Å². The molecule has 0 spiro atoms. The smallest absolute Gasteiger partial charge is 0.277 e. The number of hydrogen-bond acceptors (Lipinski definition) is 5. The summed E-state index contributed by atoms with van der Waals surface area (Å²) in [5.74, 6) is -0.497. The second-order valence-electron chi connectivity index (χ2n) is 4.71. The Bertz CT molecular complexity index is 841. The van der Waals surface area contributed by atoms with Crippen LogP contribution in [0.15, 0.2) is 59.4 Å². The highest BCUT2D eigenvalue weighted by molar-refractivity contribution is 6.03. The van der Waals surface area contributed by atoms with E-state index in [1.54, 1.807) is 36.7 Å². The lowest BCUT2D eigenvalue weighted by Crippen LogP contribution is -2.13. The first kappa shape index (κ1) is 14.5. The number of rotatable bonds is 4. The molecule has 0 saturated heterocycles. The van der Waals surface area contributed by atoms with E-state index in [-0.39, 0.29) is 5.69 Å². The third kappa shape index (κ3) is 3.24. The van der Waals surface area contributed by atoms with Gasteiger partial charge in [-0.1, -0.05) is 5.16 Å². The second kappa shape index (κ2) is 6.10. The summed E-state index contributed by atoms with van der Waals surface area (Å²) in [4.78, 5) is 27.1. The first-order chi connectivity index (χ1) is 11.1. The molecule has 2 aromatic heterocycles. The Hall–Kier alpha value is -3.48. The Kier molecular flexibility index (Phi) is 3.84. The van der Waals surface area contributed by atoms with Gasteiger partial charge in [0, 0.05) is 35.3 Å². The van der Waals surface area contributed by atoms with Crippen LogP contribution >= 0.6 is 0 Å². The number of primary amides is 1. The van der Waals surface area contributed by atoms with Gasteiger partial charge in [0.2, 0.25) is 5.91 Å². The van der Waals surface area contributed by atoms with E-state index in [0.717, 1.165) is 5.56 Å². The van der Waals surface area contributed by atoms with Gasteiger partial charge in [-0.3, -0.25) is 14.6 Å². The Morgan fingerprint density at radius 1 is 1.13 bits per heavy atom. The predicted octanol–water partition coefficient (Wildman–Crippen LogP) is 2.09. The van der Waals surface area contributed by atoms with Gasteiger partial charge in [-0.2, -0.15) is 0 Å². The van der Waals surface area contributed by atoms with Crippen LogP contribution in [-0.4, -0.2) is 22.0 Å². The molecule has 0 saturated carbocycles. The monoisotopic (exact) mass is 308 g/mol. The van der Waals surface area contributed by atoms with E-state index in [1.807, 2.05) is 0 Å². The second-order valence-corrected chi connectivity index (χ2v) is 4.71. The third-order valence-corrected chi connectivity index (χ3v) is 3.12. The molecule has 3 rings (SSSR count). The molecular weight excluding hydrogens is 296 g/mol. The van der Waals surface area contributed by atoms with Crippen molar-refractivity contribution in [1.29, 1.82) is 0 Å². The molecular formula is C16H12N4O3. The van der Waals surface area contributed by atoms with Gasteiger partial charge in [-0.15, -0.1) is 0 Å². The number of pyridine rings is 1. The van der Waals surface area contributed by atoms with Crippen LogP contribution in [0, 0.1) is 0 Å². The highest BCUT2D eigenvalue weighted by atomic mass is 16.5. The van der Waals surface area contributed by atoms with Crippen LogP contribution in [0.5, 0.6) is 0 Å². The molecule has 0 aliphatic heterocycles. The molecule has 23 heavy (non-hydrogen) atoms. The van der Waals surface area contributed by atoms with E-state index >= 15 is 0 Å². The predicted molar refractivity (Wildman–Crippen MR) is 82.6 cm³/mol. The minimum absolute atomic E-state index is 0.142. The Labute approximate surface area is 131 Å². The molecule has 0 unspecified atom stereocenters. The van der Waals surface area contributed by atoms with Crippen molar-refractivity contribution >= 4 is 17.5 Å². The van der Waals surface area contributed by atoms with Crippen molar-refractivity contribution in [2.45, 2.75) is 0 Å². The number of anilines is 1. The van der Waals surface area contributed by atoms with E-state index in [1.165, 1.54) is 18.2 Å². The zero-order valence-electron chi connectivity index (χ0n) is 11.9. The number of amides is 2. The number of carbonyl (C=O) groups is 2. The fourth-order valence-corrected chi connectivity index (χ4v) is 1.94. The molecule has 7 heteroatoms. The number of aromatic nitrogens is 2. The molecule has 3 N–H and O–H groups in total. The molecule has 0 atom stereocenters. The van der Waals surface area contributed by atoms with Gasteiger partial charge in [-0.25, -0.2) is 0 Å². The summed E-state index contributed by atoms with van der Waals surface area (Å²) in [6.45, 7) is 0. The summed E-state index contributed by atoms with van der Waals surface area (Å²) in [6.07, 6.45) is 3.26. The highest BCUT2D eigenvalue weighted by Gasteiger charge is 2.14. The normalized spacial score (nSPS) is 10.3. The molecule has 0 fully saturated rings. The number of carbonyl (C=O) groups excluding carboxylic acids is 2. The van der Waals surface area contributed by atoms with Crippen LogP contribution in [0.1, 0.15) is 20.8 Å². The zero-order valence-corrected chi connectivity index (χ0v) is 11.9. The lowest BCUT2D eigenvalue weighted by Gasteiger charge is -2.03. The molecule has 1 aromatic carbocycles. The largest absolute Gasteiger partial charge is 0.366 e. The van der Waals surface area contributed by atoms with Crippen molar-refractivity contribution in [3.63, 3.8) is 0 Å². The SMILES string of the molecule is NC(=O)c1ccc(NC(=O)c2cc(-c3cccnc3)on2)cc1. The van der Waals surface area contributed by atoms with E-state index in [0.29, 0.717) is 17.0 Å². The lowest BCUT2D eigenvalue weighted by molar-refractivity contribution is 0.0997. The summed E-state index contributed by atoms with van der Waals surface area (Å²) in [5, 5.41) is 6.41. The fraction of sp³-hybridized carbons (Fsp3) is 0. The lowest BCUT2D eigenvalue weighted by atomic mass is 10.2. The topological polar surface area (TPSA) is 111 Å². The van der Waals surface area contributed by atoms with Crippen molar-refractivity contribution in [2.24, 2.45) is 5.73 Å². The summed E-state index contributed by atoms with van der Waals surface area (Å²) in [5.41, 5.74) is 6.91. The van der Waals surface area contributed by atoms with Crippen molar-refractivity contribution in [3.8, 4) is 11.3 Å². The van der Waals surface area contributed by atoms with E-state index in [4.69, 9.17) is 10.3 Å². The Morgan fingerprint density at radius 3 is 2.57 bits per heavy atom. The first-order valence-corrected chi connectivity index (χ1v) is 6.72. The van der Waals surface area contributed by atoms with Crippen LogP contribution in [0.2, 0.25) is 0 Å². The van der Waals surface area contributed by atoms with Crippen LogP contribution in [0.25, 0.3) is 11.3 Å². The first-order valence-electron chi connectivity index (χ1n) is 6.72. The molecule has 3 aromatic rings. The van der Waals surface area contributed by atoms with Gasteiger partial charge in [-0.05, 0) is 36.4 Å². The van der Waals surface area contributed by atoms with Gasteiger partial charge in [0.25, 0.3) is 5.91 Å². The standard InChI is InChI=1S/C16H12N4O3/c17-15(21)10-3-5-12(6-4-10)19-16(22)13-8-14(23-20-13)11-2-1-7-18-9-11/h1-9H,(H2,17,21)(H,19,22). The van der Waals surface area contributed by atoms with Crippen LogP contribution in [0.3, 0.4) is 0 Å². The molecule has 114 valence electrons. The van der Waals surface area contributed by atoms with E-state index in [2.05, 4.69) is 15.5 Å². The molecule has 2 amide bonds. The fourth-order valence-electron chi connectivity index (χ4n) is 1.94. The zero-order chi connectivity index (χ0) is 16.2. The van der Waals surface area contributed by atoms with Gasteiger partial charge in [0.15, 0.2) is 11.5 Å². The maximum Gasteiger partial charge on any atom is 0.277 e. The number of nitrogens with zero attached hydrogens (tertiary/aromatic N) is 2. The number of hydrogen-bond donors (Lipinski definition) is 2. The summed E-state index contributed by atoms with van der Waals surface area (Å²) in [7, 11) is 0. The molecule has 2 heterocycles. The summed E-state index contributed by atoms with van der Waals surface area (Å²) in [6, 6.07) is 11.3. The number of nitrogens with two attached hydrogens (primary N) is 1. The minimum atomic E-state index is -0.527. The highest BCUT2D eigenvalue weighted by Crippen LogP contribution is 2.19. The van der Waals surface area contributed by atoms with Crippen LogP contribution in [-0.2, 0) is 0 Å². The van der Waals surface area contributed by atoms with Crippen molar-refractivity contribution in [3.05, 3.63) is 66.1 Å². The van der Waals surface area contributed by atoms with Crippen LogP contribution in [0.4, 0.5) is 5.69 Å². The average molecular weight is 308 g/mol. The van der Waals surface area contributed by atoms with Crippen molar-refractivity contribution < 1.29 is 14.1 Å². The Balaban J connectivity index is 1.74. The maximum absolute atomic E-state index is 12.1. The van der Waals surface area contributed by atoms with E-state index in [9.17, 15) is 9.59 Å². The number of nitrogens with one attached hydrogen (secondary N) is 1.